The number of hydrogen-bond acceptors (Lipinski definition) is 5. The van der Waals surface area contributed by atoms with Gasteiger partial charge in [0, 0.05) is 10.6 Å². The predicted octanol–water partition coefficient (Wildman–Crippen LogP) is 3.52. The SMILES string of the molecule is COC(=O)c1cc(N)ccc1Nc1ccccc1SC. The average Bonchev–Trinajstić information content (AvgIpc) is 2.48. The van der Waals surface area contributed by atoms with Gasteiger partial charge in [-0.15, -0.1) is 11.8 Å². The van der Waals surface area contributed by atoms with Crippen LogP contribution in [0.1, 0.15) is 10.4 Å². The van der Waals surface area contributed by atoms with Crippen molar-refractivity contribution in [2.45, 2.75) is 4.90 Å². The van der Waals surface area contributed by atoms with Crippen molar-refractivity contribution in [1.29, 1.82) is 0 Å². The molecule has 4 nitrogen and oxygen atoms in total. The summed E-state index contributed by atoms with van der Waals surface area (Å²) in [6, 6.07) is 13.0. The van der Waals surface area contributed by atoms with Crippen LogP contribution in [0.25, 0.3) is 0 Å². The molecule has 0 radical (unpaired) electrons. The minimum atomic E-state index is -0.415. The number of esters is 1. The maximum absolute atomic E-state index is 11.8. The highest BCUT2D eigenvalue weighted by Gasteiger charge is 2.13. The number of ether oxygens (including phenoxy) is 1. The van der Waals surface area contributed by atoms with Crippen LogP contribution in [0, 0.1) is 0 Å². The maximum atomic E-state index is 11.8. The number of para-hydroxylation sites is 1. The zero-order valence-corrected chi connectivity index (χ0v) is 12.2. The number of hydrogen-bond donors (Lipinski definition) is 2. The fraction of sp³-hybridized carbons (Fsp3) is 0.133. The summed E-state index contributed by atoms with van der Waals surface area (Å²) in [6.07, 6.45) is 2.00. The van der Waals surface area contributed by atoms with Gasteiger partial charge in [0.2, 0.25) is 0 Å². The number of methoxy groups -OCH3 is 1. The van der Waals surface area contributed by atoms with Gasteiger partial charge in [0.1, 0.15) is 0 Å². The molecule has 5 heteroatoms. The number of anilines is 3. The van der Waals surface area contributed by atoms with E-state index in [1.54, 1.807) is 30.0 Å². The van der Waals surface area contributed by atoms with Crippen molar-refractivity contribution in [2.24, 2.45) is 0 Å². The second-order valence-electron chi connectivity index (χ2n) is 4.12. The molecule has 0 aliphatic rings. The number of benzene rings is 2. The Labute approximate surface area is 122 Å². The molecule has 104 valence electrons. The Morgan fingerprint density at radius 1 is 1.20 bits per heavy atom. The molecule has 0 saturated carbocycles. The van der Waals surface area contributed by atoms with Gasteiger partial charge in [-0.25, -0.2) is 4.79 Å². The van der Waals surface area contributed by atoms with Crippen LogP contribution in [-0.2, 0) is 4.74 Å². The molecule has 0 amide bonds. The van der Waals surface area contributed by atoms with Crippen molar-refractivity contribution in [1.82, 2.24) is 0 Å². The second kappa shape index (κ2) is 6.34. The molecule has 0 aliphatic heterocycles. The smallest absolute Gasteiger partial charge is 0.340 e. The highest BCUT2D eigenvalue weighted by atomic mass is 32.2. The van der Waals surface area contributed by atoms with E-state index >= 15 is 0 Å². The molecule has 0 fully saturated rings. The first kappa shape index (κ1) is 14.3. The number of carbonyl (C=O) groups excluding carboxylic acids is 1. The molecule has 2 aromatic carbocycles. The summed E-state index contributed by atoms with van der Waals surface area (Å²) in [4.78, 5) is 12.9. The normalized spacial score (nSPS) is 10.1. The van der Waals surface area contributed by atoms with Gasteiger partial charge < -0.3 is 15.8 Å². The Morgan fingerprint density at radius 2 is 1.95 bits per heavy atom. The topological polar surface area (TPSA) is 64.3 Å². The third-order valence-electron chi connectivity index (χ3n) is 2.83. The van der Waals surface area contributed by atoms with Crippen molar-refractivity contribution in [2.75, 3.05) is 24.4 Å². The number of rotatable bonds is 4. The standard InChI is InChI=1S/C15H16N2O2S/c1-19-15(18)11-9-10(16)7-8-12(11)17-13-5-3-4-6-14(13)20-2/h3-9,17H,16H2,1-2H3. The molecule has 0 heterocycles. The summed E-state index contributed by atoms with van der Waals surface area (Å²) in [5.41, 5.74) is 8.29. The summed E-state index contributed by atoms with van der Waals surface area (Å²) in [6.45, 7) is 0. The second-order valence-corrected chi connectivity index (χ2v) is 4.97. The van der Waals surface area contributed by atoms with Crippen LogP contribution in [0.4, 0.5) is 17.1 Å². The Balaban J connectivity index is 2.40. The molecule has 0 unspecified atom stereocenters. The zero-order valence-electron chi connectivity index (χ0n) is 11.3. The molecule has 0 aliphatic carbocycles. The van der Waals surface area contributed by atoms with Crippen LogP contribution in [0.3, 0.4) is 0 Å². The molecule has 2 rings (SSSR count). The van der Waals surface area contributed by atoms with Crippen molar-refractivity contribution < 1.29 is 9.53 Å². The lowest BCUT2D eigenvalue weighted by atomic mass is 10.1. The lowest BCUT2D eigenvalue weighted by Crippen LogP contribution is -2.06. The summed E-state index contributed by atoms with van der Waals surface area (Å²) in [5, 5.41) is 3.26. The lowest BCUT2D eigenvalue weighted by Gasteiger charge is -2.13. The first-order chi connectivity index (χ1) is 9.65. The molecule has 0 spiro atoms. The van der Waals surface area contributed by atoms with Crippen LogP contribution in [0.2, 0.25) is 0 Å². The van der Waals surface area contributed by atoms with E-state index in [0.717, 1.165) is 10.6 Å². The predicted molar refractivity (Wildman–Crippen MR) is 83.7 cm³/mol. The summed E-state index contributed by atoms with van der Waals surface area (Å²) < 4.78 is 4.79. The monoisotopic (exact) mass is 288 g/mol. The lowest BCUT2D eigenvalue weighted by molar-refractivity contribution is 0.0602. The maximum Gasteiger partial charge on any atom is 0.340 e. The molecular formula is C15H16N2O2S. The van der Waals surface area contributed by atoms with E-state index in [0.29, 0.717) is 16.9 Å². The third kappa shape index (κ3) is 3.05. The van der Waals surface area contributed by atoms with Crippen molar-refractivity contribution >= 4 is 34.8 Å². The van der Waals surface area contributed by atoms with Crippen LogP contribution in [-0.4, -0.2) is 19.3 Å². The Morgan fingerprint density at radius 3 is 2.65 bits per heavy atom. The van der Waals surface area contributed by atoms with Crippen molar-refractivity contribution in [3.8, 4) is 0 Å². The zero-order chi connectivity index (χ0) is 14.5. The minimum Gasteiger partial charge on any atom is -0.465 e. The molecule has 0 aromatic heterocycles. The van der Waals surface area contributed by atoms with Gasteiger partial charge in [0.05, 0.1) is 24.0 Å². The molecule has 20 heavy (non-hydrogen) atoms. The number of nitrogens with two attached hydrogens (primary N) is 1. The number of thioether (sulfide) groups is 1. The molecule has 0 saturated heterocycles. The van der Waals surface area contributed by atoms with Crippen LogP contribution in [0.15, 0.2) is 47.4 Å². The van der Waals surface area contributed by atoms with E-state index in [4.69, 9.17) is 10.5 Å². The number of nitrogens with one attached hydrogen (secondary N) is 1. The van der Waals surface area contributed by atoms with Gasteiger partial charge in [0.15, 0.2) is 0 Å². The Bertz CT molecular complexity index is 629. The quantitative estimate of drug-likeness (QED) is 0.512. The van der Waals surface area contributed by atoms with Crippen LogP contribution >= 0.6 is 11.8 Å². The molecule has 3 N–H and O–H groups in total. The Kier molecular flexibility index (Phi) is 4.53. The summed E-state index contributed by atoms with van der Waals surface area (Å²) >= 11 is 1.63. The van der Waals surface area contributed by atoms with Crippen LogP contribution < -0.4 is 11.1 Å². The number of carbonyl (C=O) groups is 1. The van der Waals surface area contributed by atoms with E-state index in [-0.39, 0.29) is 0 Å². The van der Waals surface area contributed by atoms with Gasteiger partial charge in [0.25, 0.3) is 0 Å². The fourth-order valence-corrected chi connectivity index (χ4v) is 2.40. The van der Waals surface area contributed by atoms with E-state index in [2.05, 4.69) is 5.32 Å². The molecule has 2 aromatic rings. The largest absolute Gasteiger partial charge is 0.465 e. The minimum absolute atomic E-state index is 0.415. The fourth-order valence-electron chi connectivity index (χ4n) is 1.84. The summed E-state index contributed by atoms with van der Waals surface area (Å²) in [7, 11) is 1.35. The van der Waals surface area contributed by atoms with E-state index in [9.17, 15) is 4.79 Å². The van der Waals surface area contributed by atoms with Gasteiger partial charge in [-0.1, -0.05) is 12.1 Å². The van der Waals surface area contributed by atoms with Crippen molar-refractivity contribution in [3.63, 3.8) is 0 Å². The molecular weight excluding hydrogens is 272 g/mol. The van der Waals surface area contributed by atoms with Gasteiger partial charge >= 0.3 is 5.97 Å². The first-order valence-corrected chi connectivity index (χ1v) is 7.26. The average molecular weight is 288 g/mol. The molecule has 0 atom stereocenters. The first-order valence-electron chi connectivity index (χ1n) is 6.03. The van der Waals surface area contributed by atoms with Gasteiger partial charge in [-0.3, -0.25) is 0 Å². The van der Waals surface area contributed by atoms with Crippen LogP contribution in [0.5, 0.6) is 0 Å². The van der Waals surface area contributed by atoms with E-state index in [1.807, 2.05) is 30.5 Å². The Hall–Kier alpha value is -2.14. The number of nitrogen functional groups attached to an aromatic ring is 1. The van der Waals surface area contributed by atoms with Gasteiger partial charge in [-0.2, -0.15) is 0 Å². The van der Waals surface area contributed by atoms with E-state index in [1.165, 1.54) is 7.11 Å². The molecule has 0 bridgehead atoms. The van der Waals surface area contributed by atoms with E-state index < -0.39 is 5.97 Å². The highest BCUT2D eigenvalue weighted by molar-refractivity contribution is 7.98. The third-order valence-corrected chi connectivity index (χ3v) is 3.62. The van der Waals surface area contributed by atoms with Gasteiger partial charge in [-0.05, 0) is 36.6 Å². The summed E-state index contributed by atoms with van der Waals surface area (Å²) in [5.74, 6) is -0.415. The van der Waals surface area contributed by atoms with Crippen molar-refractivity contribution in [3.05, 3.63) is 48.0 Å². The highest BCUT2D eigenvalue weighted by Crippen LogP contribution is 2.30.